The quantitative estimate of drug-likeness (QED) is 0.669. The molecule has 1 aliphatic heterocycles. The maximum atomic E-state index is 4.82. The summed E-state index contributed by atoms with van der Waals surface area (Å²) < 4.78 is 0. The molecule has 29 heavy (non-hydrogen) atoms. The molecule has 0 spiro atoms. The second kappa shape index (κ2) is 8.52. The van der Waals surface area contributed by atoms with E-state index in [0.29, 0.717) is 11.9 Å². The lowest BCUT2D eigenvalue weighted by Crippen LogP contribution is -2.46. The molecular formula is C24H29N5. The molecule has 0 aliphatic carbocycles. The number of piperazine rings is 1. The predicted octanol–water partition coefficient (Wildman–Crippen LogP) is 4.98. The maximum absolute atomic E-state index is 4.82. The average molecular weight is 388 g/mol. The molecule has 3 aromatic rings. The first-order valence-corrected chi connectivity index (χ1v) is 10.4. The van der Waals surface area contributed by atoms with Crippen LogP contribution in [0.4, 0.5) is 23.1 Å². The van der Waals surface area contributed by atoms with Gasteiger partial charge in [-0.3, -0.25) is 0 Å². The van der Waals surface area contributed by atoms with Crippen LogP contribution in [-0.4, -0.2) is 36.1 Å². The van der Waals surface area contributed by atoms with Crippen LogP contribution >= 0.6 is 0 Å². The van der Waals surface area contributed by atoms with Crippen molar-refractivity contribution in [3.05, 3.63) is 71.9 Å². The van der Waals surface area contributed by atoms with Crippen molar-refractivity contribution in [1.29, 1.82) is 0 Å². The summed E-state index contributed by atoms with van der Waals surface area (Å²) in [5, 5.41) is 3.48. The molecule has 1 N–H and O–H groups in total. The van der Waals surface area contributed by atoms with Gasteiger partial charge in [0.2, 0.25) is 5.95 Å². The van der Waals surface area contributed by atoms with Crippen molar-refractivity contribution >= 4 is 23.1 Å². The zero-order valence-corrected chi connectivity index (χ0v) is 17.5. The van der Waals surface area contributed by atoms with Gasteiger partial charge < -0.3 is 15.1 Å². The SMILES string of the molecule is Cc1cccc(C(C)C)c1Nc1nccc(N2CCN(c3ccccc3)CC2)n1. The summed E-state index contributed by atoms with van der Waals surface area (Å²) in [5.74, 6) is 2.07. The van der Waals surface area contributed by atoms with E-state index in [0.717, 1.165) is 37.7 Å². The summed E-state index contributed by atoms with van der Waals surface area (Å²) in [5.41, 5.74) is 4.91. The number of nitrogens with zero attached hydrogens (tertiary/aromatic N) is 4. The van der Waals surface area contributed by atoms with E-state index in [2.05, 4.69) is 89.4 Å². The average Bonchev–Trinajstić information content (AvgIpc) is 2.76. The second-order valence-corrected chi connectivity index (χ2v) is 7.87. The number of rotatable bonds is 5. The number of aryl methyl sites for hydroxylation is 1. The number of hydrogen-bond donors (Lipinski definition) is 1. The van der Waals surface area contributed by atoms with Gasteiger partial charge in [-0.25, -0.2) is 4.98 Å². The smallest absolute Gasteiger partial charge is 0.229 e. The van der Waals surface area contributed by atoms with Gasteiger partial charge in [0, 0.05) is 43.8 Å². The topological polar surface area (TPSA) is 44.3 Å². The monoisotopic (exact) mass is 387 g/mol. The molecule has 1 aromatic heterocycles. The van der Waals surface area contributed by atoms with Crippen LogP contribution in [-0.2, 0) is 0 Å². The molecule has 0 saturated carbocycles. The lowest BCUT2D eigenvalue weighted by molar-refractivity contribution is 0.647. The molecule has 1 aliphatic rings. The molecule has 0 bridgehead atoms. The summed E-state index contributed by atoms with van der Waals surface area (Å²) >= 11 is 0. The van der Waals surface area contributed by atoms with Crippen molar-refractivity contribution in [2.75, 3.05) is 41.3 Å². The number of benzene rings is 2. The highest BCUT2D eigenvalue weighted by molar-refractivity contribution is 5.64. The third-order valence-corrected chi connectivity index (χ3v) is 5.53. The Morgan fingerprint density at radius 1 is 0.862 bits per heavy atom. The lowest BCUT2D eigenvalue weighted by Gasteiger charge is -2.36. The fraction of sp³-hybridized carbons (Fsp3) is 0.333. The molecule has 0 atom stereocenters. The van der Waals surface area contributed by atoms with E-state index in [1.807, 2.05) is 12.3 Å². The molecular weight excluding hydrogens is 358 g/mol. The normalized spacial score (nSPS) is 14.3. The number of hydrogen-bond acceptors (Lipinski definition) is 5. The fourth-order valence-electron chi connectivity index (χ4n) is 3.87. The van der Waals surface area contributed by atoms with Gasteiger partial charge in [-0.1, -0.05) is 50.2 Å². The minimum atomic E-state index is 0.437. The molecule has 2 heterocycles. The number of nitrogens with one attached hydrogen (secondary N) is 1. The molecule has 1 saturated heterocycles. The van der Waals surface area contributed by atoms with Crippen LogP contribution in [0.15, 0.2) is 60.8 Å². The van der Waals surface area contributed by atoms with Crippen LogP contribution in [0.5, 0.6) is 0 Å². The molecule has 2 aromatic carbocycles. The molecule has 0 radical (unpaired) electrons. The fourth-order valence-corrected chi connectivity index (χ4v) is 3.87. The Morgan fingerprint density at radius 2 is 1.59 bits per heavy atom. The molecule has 0 unspecified atom stereocenters. The Labute approximate surface area is 173 Å². The Hall–Kier alpha value is -3.08. The number of para-hydroxylation sites is 2. The summed E-state index contributed by atoms with van der Waals surface area (Å²) in [6.07, 6.45) is 1.85. The van der Waals surface area contributed by atoms with Gasteiger partial charge in [-0.2, -0.15) is 4.98 Å². The van der Waals surface area contributed by atoms with E-state index in [9.17, 15) is 0 Å². The molecule has 1 fully saturated rings. The highest BCUT2D eigenvalue weighted by atomic mass is 15.3. The van der Waals surface area contributed by atoms with Crippen molar-refractivity contribution in [3.63, 3.8) is 0 Å². The highest BCUT2D eigenvalue weighted by Crippen LogP contribution is 2.29. The van der Waals surface area contributed by atoms with Crippen LogP contribution in [0.2, 0.25) is 0 Å². The number of aromatic nitrogens is 2. The molecule has 4 rings (SSSR count). The van der Waals surface area contributed by atoms with Crippen molar-refractivity contribution in [2.45, 2.75) is 26.7 Å². The zero-order valence-electron chi connectivity index (χ0n) is 17.5. The van der Waals surface area contributed by atoms with Gasteiger partial charge in [-0.15, -0.1) is 0 Å². The van der Waals surface area contributed by atoms with Gasteiger partial charge in [0.25, 0.3) is 0 Å². The minimum Gasteiger partial charge on any atom is -0.368 e. The predicted molar refractivity (Wildman–Crippen MR) is 121 cm³/mol. The van der Waals surface area contributed by atoms with Crippen molar-refractivity contribution in [3.8, 4) is 0 Å². The Morgan fingerprint density at radius 3 is 2.31 bits per heavy atom. The summed E-state index contributed by atoms with van der Waals surface area (Å²) in [6.45, 7) is 10.4. The summed E-state index contributed by atoms with van der Waals surface area (Å²) in [7, 11) is 0. The summed E-state index contributed by atoms with van der Waals surface area (Å²) in [4.78, 5) is 14.1. The van der Waals surface area contributed by atoms with Crippen LogP contribution in [0.25, 0.3) is 0 Å². The van der Waals surface area contributed by atoms with Crippen LogP contribution in [0.3, 0.4) is 0 Å². The van der Waals surface area contributed by atoms with Crippen LogP contribution < -0.4 is 15.1 Å². The van der Waals surface area contributed by atoms with Crippen molar-refractivity contribution in [2.24, 2.45) is 0 Å². The number of anilines is 4. The first-order chi connectivity index (χ1) is 14.1. The van der Waals surface area contributed by atoms with Crippen LogP contribution in [0, 0.1) is 6.92 Å². The van der Waals surface area contributed by atoms with Crippen molar-refractivity contribution in [1.82, 2.24) is 9.97 Å². The molecule has 150 valence electrons. The highest BCUT2D eigenvalue weighted by Gasteiger charge is 2.19. The van der Waals surface area contributed by atoms with Gasteiger partial charge in [0.1, 0.15) is 5.82 Å². The first-order valence-electron chi connectivity index (χ1n) is 10.4. The van der Waals surface area contributed by atoms with Gasteiger partial charge in [0.15, 0.2) is 0 Å². The molecule has 5 heteroatoms. The van der Waals surface area contributed by atoms with Gasteiger partial charge in [-0.05, 0) is 42.2 Å². The second-order valence-electron chi connectivity index (χ2n) is 7.87. The standard InChI is InChI=1S/C24H29N5/c1-18(2)21-11-7-8-19(3)23(21)27-24-25-13-12-22(26-24)29-16-14-28(15-17-29)20-9-5-4-6-10-20/h4-13,18H,14-17H2,1-3H3,(H,25,26,27). The van der Waals surface area contributed by atoms with E-state index in [1.54, 1.807) is 0 Å². The third kappa shape index (κ3) is 4.34. The zero-order chi connectivity index (χ0) is 20.2. The Kier molecular flexibility index (Phi) is 5.65. The summed E-state index contributed by atoms with van der Waals surface area (Å²) in [6, 6.07) is 19.0. The van der Waals surface area contributed by atoms with Gasteiger partial charge >= 0.3 is 0 Å². The lowest BCUT2D eigenvalue weighted by atomic mass is 9.98. The third-order valence-electron chi connectivity index (χ3n) is 5.53. The molecule has 0 amide bonds. The van der Waals surface area contributed by atoms with E-state index in [-0.39, 0.29) is 0 Å². The minimum absolute atomic E-state index is 0.437. The Balaban J connectivity index is 1.48. The Bertz CT molecular complexity index is 946. The van der Waals surface area contributed by atoms with Crippen molar-refractivity contribution < 1.29 is 0 Å². The van der Waals surface area contributed by atoms with Crippen LogP contribution in [0.1, 0.15) is 30.9 Å². The van der Waals surface area contributed by atoms with E-state index in [1.165, 1.54) is 16.8 Å². The van der Waals surface area contributed by atoms with E-state index >= 15 is 0 Å². The van der Waals surface area contributed by atoms with E-state index < -0.39 is 0 Å². The van der Waals surface area contributed by atoms with Gasteiger partial charge in [0.05, 0.1) is 0 Å². The van der Waals surface area contributed by atoms with E-state index in [4.69, 9.17) is 4.98 Å². The molecule has 5 nitrogen and oxygen atoms in total. The maximum Gasteiger partial charge on any atom is 0.229 e. The largest absolute Gasteiger partial charge is 0.368 e. The first kappa shape index (κ1) is 19.2.